The molecular weight excluding hydrogens is 346 g/mol. The van der Waals surface area contributed by atoms with Gasteiger partial charge < -0.3 is 19.4 Å². The number of anilines is 1. The topological polar surface area (TPSA) is 50.5 Å². The standard InChI is InChI=1S/C20H21N3O2S/c1-15-5-6-18(19(12-15)24-2)22-20(26)23(14-17-4-3-11-25-17)13-16-7-9-21-10-8-16/h3-12H,13-14H2,1-2H3,(H,22,26). The summed E-state index contributed by atoms with van der Waals surface area (Å²) >= 11 is 5.67. The van der Waals surface area contributed by atoms with Gasteiger partial charge >= 0.3 is 0 Å². The molecule has 2 heterocycles. The Morgan fingerprint density at radius 1 is 1.19 bits per heavy atom. The van der Waals surface area contributed by atoms with Crippen LogP contribution in [0.15, 0.2) is 65.5 Å². The molecule has 0 atom stereocenters. The molecule has 1 aromatic carbocycles. The molecule has 0 spiro atoms. The van der Waals surface area contributed by atoms with Crippen LogP contribution in [0.5, 0.6) is 5.75 Å². The third kappa shape index (κ3) is 4.61. The van der Waals surface area contributed by atoms with E-state index in [2.05, 4.69) is 10.3 Å². The highest BCUT2D eigenvalue weighted by molar-refractivity contribution is 7.80. The highest BCUT2D eigenvalue weighted by atomic mass is 32.1. The molecule has 0 amide bonds. The molecule has 6 heteroatoms. The van der Waals surface area contributed by atoms with Gasteiger partial charge in [-0.25, -0.2) is 0 Å². The Kier molecular flexibility index (Phi) is 5.86. The third-order valence-electron chi connectivity index (χ3n) is 3.94. The fourth-order valence-corrected chi connectivity index (χ4v) is 2.83. The lowest BCUT2D eigenvalue weighted by Crippen LogP contribution is -2.33. The molecule has 0 saturated carbocycles. The number of hydrogen-bond donors (Lipinski definition) is 1. The van der Waals surface area contributed by atoms with Gasteiger partial charge in [0.25, 0.3) is 0 Å². The predicted molar refractivity (Wildman–Crippen MR) is 106 cm³/mol. The summed E-state index contributed by atoms with van der Waals surface area (Å²) in [4.78, 5) is 6.11. The van der Waals surface area contributed by atoms with Crippen molar-refractivity contribution in [2.45, 2.75) is 20.0 Å². The van der Waals surface area contributed by atoms with Crippen LogP contribution in [0, 0.1) is 6.92 Å². The maximum atomic E-state index is 5.67. The van der Waals surface area contributed by atoms with Crippen molar-refractivity contribution >= 4 is 23.0 Å². The Bertz CT molecular complexity index is 851. The molecule has 0 unspecified atom stereocenters. The number of rotatable bonds is 6. The number of nitrogens with zero attached hydrogens (tertiary/aromatic N) is 2. The first-order valence-corrected chi connectivity index (χ1v) is 8.68. The molecule has 2 aromatic heterocycles. The number of benzene rings is 1. The average Bonchev–Trinajstić information content (AvgIpc) is 3.16. The van der Waals surface area contributed by atoms with E-state index in [0.29, 0.717) is 18.2 Å². The minimum absolute atomic E-state index is 0.565. The molecule has 0 aliphatic rings. The molecular formula is C20H21N3O2S. The average molecular weight is 367 g/mol. The Hall–Kier alpha value is -2.86. The zero-order valence-corrected chi connectivity index (χ0v) is 15.6. The van der Waals surface area contributed by atoms with Crippen LogP contribution in [0.1, 0.15) is 16.9 Å². The molecule has 1 N–H and O–H groups in total. The van der Waals surface area contributed by atoms with E-state index in [0.717, 1.165) is 28.3 Å². The van der Waals surface area contributed by atoms with Crippen LogP contribution in [0.25, 0.3) is 0 Å². The van der Waals surface area contributed by atoms with Gasteiger partial charge in [-0.1, -0.05) is 6.07 Å². The van der Waals surface area contributed by atoms with E-state index < -0.39 is 0 Å². The molecule has 0 radical (unpaired) electrons. The van der Waals surface area contributed by atoms with Gasteiger partial charge in [-0.05, 0) is 66.7 Å². The summed E-state index contributed by atoms with van der Waals surface area (Å²) < 4.78 is 11.0. The Labute approximate surface area is 158 Å². The lowest BCUT2D eigenvalue weighted by atomic mass is 10.2. The molecule has 3 aromatic rings. The molecule has 0 bridgehead atoms. The SMILES string of the molecule is COc1cc(C)ccc1NC(=S)N(Cc1ccncc1)Cc1ccco1. The number of hydrogen-bond acceptors (Lipinski definition) is 4. The number of thiocarbonyl (C=S) groups is 1. The van der Waals surface area contributed by atoms with Gasteiger partial charge in [0.05, 0.1) is 25.6 Å². The highest BCUT2D eigenvalue weighted by Crippen LogP contribution is 2.26. The second-order valence-corrected chi connectivity index (χ2v) is 6.31. The Morgan fingerprint density at radius 3 is 2.69 bits per heavy atom. The van der Waals surface area contributed by atoms with Crippen molar-refractivity contribution in [1.82, 2.24) is 9.88 Å². The molecule has 0 aliphatic heterocycles. The Morgan fingerprint density at radius 2 is 2.00 bits per heavy atom. The second kappa shape index (κ2) is 8.49. The highest BCUT2D eigenvalue weighted by Gasteiger charge is 2.15. The lowest BCUT2D eigenvalue weighted by molar-refractivity contribution is 0.360. The fourth-order valence-electron chi connectivity index (χ4n) is 2.59. The van der Waals surface area contributed by atoms with Gasteiger partial charge in [-0.15, -0.1) is 0 Å². The van der Waals surface area contributed by atoms with E-state index in [1.165, 1.54) is 0 Å². The van der Waals surface area contributed by atoms with Crippen LogP contribution in [-0.2, 0) is 13.1 Å². The van der Waals surface area contributed by atoms with Crippen LogP contribution >= 0.6 is 12.2 Å². The first-order valence-electron chi connectivity index (χ1n) is 8.27. The molecule has 134 valence electrons. The smallest absolute Gasteiger partial charge is 0.174 e. The number of methoxy groups -OCH3 is 1. The maximum Gasteiger partial charge on any atom is 0.174 e. The lowest BCUT2D eigenvalue weighted by Gasteiger charge is -2.25. The van der Waals surface area contributed by atoms with E-state index >= 15 is 0 Å². The van der Waals surface area contributed by atoms with Gasteiger partial charge in [0.1, 0.15) is 11.5 Å². The van der Waals surface area contributed by atoms with Crippen molar-refractivity contribution in [3.05, 3.63) is 78.0 Å². The van der Waals surface area contributed by atoms with Crippen molar-refractivity contribution in [2.75, 3.05) is 12.4 Å². The summed E-state index contributed by atoms with van der Waals surface area (Å²) in [7, 11) is 1.65. The molecule has 3 rings (SSSR count). The zero-order chi connectivity index (χ0) is 18.4. The first-order chi connectivity index (χ1) is 12.7. The quantitative estimate of drug-likeness (QED) is 0.652. The predicted octanol–water partition coefficient (Wildman–Crippen LogP) is 4.39. The van der Waals surface area contributed by atoms with Crippen molar-refractivity contribution in [1.29, 1.82) is 0 Å². The van der Waals surface area contributed by atoms with Crippen LogP contribution in [0.3, 0.4) is 0 Å². The van der Waals surface area contributed by atoms with Crippen LogP contribution in [-0.4, -0.2) is 22.1 Å². The number of aromatic nitrogens is 1. The van der Waals surface area contributed by atoms with Crippen molar-refractivity contribution < 1.29 is 9.15 Å². The van der Waals surface area contributed by atoms with E-state index in [-0.39, 0.29) is 0 Å². The van der Waals surface area contributed by atoms with E-state index in [4.69, 9.17) is 21.4 Å². The van der Waals surface area contributed by atoms with Crippen molar-refractivity contribution in [2.24, 2.45) is 0 Å². The summed E-state index contributed by atoms with van der Waals surface area (Å²) in [6, 6.07) is 13.7. The van der Waals surface area contributed by atoms with E-state index in [1.807, 2.05) is 54.3 Å². The van der Waals surface area contributed by atoms with E-state index in [9.17, 15) is 0 Å². The minimum Gasteiger partial charge on any atom is -0.495 e. The zero-order valence-electron chi connectivity index (χ0n) is 14.8. The normalized spacial score (nSPS) is 10.4. The van der Waals surface area contributed by atoms with Crippen LogP contribution in [0.2, 0.25) is 0 Å². The summed E-state index contributed by atoms with van der Waals surface area (Å²) in [5, 5.41) is 3.89. The van der Waals surface area contributed by atoms with Gasteiger partial charge in [-0.3, -0.25) is 4.98 Å². The van der Waals surface area contributed by atoms with Gasteiger partial charge in [0.15, 0.2) is 5.11 Å². The second-order valence-electron chi connectivity index (χ2n) is 5.92. The number of nitrogens with one attached hydrogen (secondary N) is 1. The summed E-state index contributed by atoms with van der Waals surface area (Å²) in [6.45, 7) is 3.23. The van der Waals surface area contributed by atoms with Gasteiger partial charge in [-0.2, -0.15) is 0 Å². The summed E-state index contributed by atoms with van der Waals surface area (Å²) in [5.41, 5.74) is 3.08. The first kappa shape index (κ1) is 17.9. The third-order valence-corrected chi connectivity index (χ3v) is 4.30. The largest absolute Gasteiger partial charge is 0.495 e. The minimum atomic E-state index is 0.565. The number of pyridine rings is 1. The van der Waals surface area contributed by atoms with Crippen molar-refractivity contribution in [3.8, 4) is 5.75 Å². The summed E-state index contributed by atoms with van der Waals surface area (Å²) in [6.07, 6.45) is 5.22. The molecule has 26 heavy (non-hydrogen) atoms. The van der Waals surface area contributed by atoms with Crippen molar-refractivity contribution in [3.63, 3.8) is 0 Å². The van der Waals surface area contributed by atoms with Crippen LogP contribution < -0.4 is 10.1 Å². The number of ether oxygens (including phenoxy) is 1. The molecule has 5 nitrogen and oxygen atoms in total. The van der Waals surface area contributed by atoms with Crippen LogP contribution in [0.4, 0.5) is 5.69 Å². The molecule has 0 aliphatic carbocycles. The van der Waals surface area contributed by atoms with E-state index in [1.54, 1.807) is 25.8 Å². The number of aryl methyl sites for hydroxylation is 1. The monoisotopic (exact) mass is 367 g/mol. The number of furan rings is 1. The molecule has 0 fully saturated rings. The van der Waals surface area contributed by atoms with Gasteiger partial charge in [0, 0.05) is 18.9 Å². The maximum absolute atomic E-state index is 5.67. The van der Waals surface area contributed by atoms with Gasteiger partial charge in [0.2, 0.25) is 0 Å². The molecule has 0 saturated heterocycles. The fraction of sp³-hybridized carbons (Fsp3) is 0.200. The summed E-state index contributed by atoms with van der Waals surface area (Å²) in [5.74, 6) is 1.60. The Balaban J connectivity index is 1.80.